The van der Waals surface area contributed by atoms with Gasteiger partial charge in [-0.05, 0) is 17.7 Å². The lowest BCUT2D eigenvalue weighted by molar-refractivity contribution is 0.410. The SMILES string of the molecule is C=CCNC(N)=NCc1cc(F)cc(OC)c1. The van der Waals surface area contributed by atoms with Gasteiger partial charge in [0.2, 0.25) is 0 Å². The van der Waals surface area contributed by atoms with E-state index in [1.165, 1.54) is 19.2 Å². The van der Waals surface area contributed by atoms with Crippen molar-refractivity contribution in [3.63, 3.8) is 0 Å². The highest BCUT2D eigenvalue weighted by Gasteiger charge is 2.00. The van der Waals surface area contributed by atoms with E-state index < -0.39 is 0 Å². The van der Waals surface area contributed by atoms with E-state index in [1.54, 1.807) is 12.1 Å². The summed E-state index contributed by atoms with van der Waals surface area (Å²) in [6.07, 6.45) is 1.67. The Kier molecular flexibility index (Phi) is 5.00. The predicted octanol–water partition coefficient (Wildman–Crippen LogP) is 1.42. The van der Waals surface area contributed by atoms with Gasteiger partial charge >= 0.3 is 0 Å². The van der Waals surface area contributed by atoms with E-state index >= 15 is 0 Å². The summed E-state index contributed by atoms with van der Waals surface area (Å²) >= 11 is 0. The Balaban J connectivity index is 2.67. The molecule has 0 saturated carbocycles. The molecule has 5 heteroatoms. The lowest BCUT2D eigenvalue weighted by Gasteiger charge is -2.05. The number of aliphatic imine (C=N–C) groups is 1. The average Bonchev–Trinajstić information content (AvgIpc) is 2.33. The molecule has 1 aromatic carbocycles. The van der Waals surface area contributed by atoms with Crippen LogP contribution in [0.5, 0.6) is 5.75 Å². The van der Waals surface area contributed by atoms with Crippen LogP contribution < -0.4 is 15.8 Å². The van der Waals surface area contributed by atoms with Crippen molar-refractivity contribution < 1.29 is 9.13 Å². The van der Waals surface area contributed by atoms with Gasteiger partial charge in [-0.25, -0.2) is 9.38 Å². The lowest BCUT2D eigenvalue weighted by atomic mass is 10.2. The number of halogens is 1. The number of guanidine groups is 1. The van der Waals surface area contributed by atoms with Crippen LogP contribution in [0.2, 0.25) is 0 Å². The minimum atomic E-state index is -0.354. The highest BCUT2D eigenvalue weighted by Crippen LogP contribution is 2.16. The van der Waals surface area contributed by atoms with Crippen molar-refractivity contribution in [1.82, 2.24) is 5.32 Å². The van der Waals surface area contributed by atoms with Gasteiger partial charge in [-0.1, -0.05) is 6.08 Å². The summed E-state index contributed by atoms with van der Waals surface area (Å²) < 4.78 is 18.1. The van der Waals surface area contributed by atoms with Crippen molar-refractivity contribution >= 4 is 5.96 Å². The quantitative estimate of drug-likeness (QED) is 0.462. The number of nitrogens with two attached hydrogens (primary N) is 1. The molecule has 0 aliphatic rings. The number of benzene rings is 1. The fraction of sp³-hybridized carbons (Fsp3) is 0.250. The van der Waals surface area contributed by atoms with E-state index in [-0.39, 0.29) is 5.82 Å². The minimum Gasteiger partial charge on any atom is -0.497 e. The topological polar surface area (TPSA) is 59.6 Å². The number of rotatable bonds is 5. The third kappa shape index (κ3) is 4.55. The average molecular weight is 237 g/mol. The number of hydrogen-bond acceptors (Lipinski definition) is 2. The molecule has 0 aromatic heterocycles. The number of nitrogens with zero attached hydrogens (tertiary/aromatic N) is 1. The van der Waals surface area contributed by atoms with E-state index in [9.17, 15) is 4.39 Å². The second-order valence-electron chi connectivity index (χ2n) is 3.37. The first-order valence-electron chi connectivity index (χ1n) is 5.14. The molecule has 1 aromatic rings. The number of methoxy groups -OCH3 is 1. The van der Waals surface area contributed by atoms with E-state index in [0.717, 1.165) is 0 Å². The Hall–Kier alpha value is -2.04. The molecule has 0 saturated heterocycles. The maximum Gasteiger partial charge on any atom is 0.189 e. The van der Waals surface area contributed by atoms with Gasteiger partial charge in [-0.2, -0.15) is 0 Å². The van der Waals surface area contributed by atoms with Crippen LogP contribution in [0.1, 0.15) is 5.56 Å². The molecule has 0 spiro atoms. The summed E-state index contributed by atoms with van der Waals surface area (Å²) in [5.74, 6) is 0.410. The second kappa shape index (κ2) is 6.52. The predicted molar refractivity (Wildman–Crippen MR) is 66.5 cm³/mol. The fourth-order valence-corrected chi connectivity index (χ4v) is 1.24. The monoisotopic (exact) mass is 237 g/mol. The fourth-order valence-electron chi connectivity index (χ4n) is 1.24. The standard InChI is InChI=1S/C12H16FN3O/c1-3-4-15-12(14)16-8-9-5-10(13)7-11(6-9)17-2/h3,5-7H,1,4,8H2,2H3,(H3,14,15,16). The molecule has 0 fully saturated rings. The molecule has 0 bridgehead atoms. The van der Waals surface area contributed by atoms with Crippen LogP contribution in [0.4, 0.5) is 4.39 Å². The number of nitrogens with one attached hydrogen (secondary N) is 1. The summed E-state index contributed by atoms with van der Waals surface area (Å²) in [5.41, 5.74) is 6.28. The highest BCUT2D eigenvalue weighted by molar-refractivity contribution is 5.77. The van der Waals surface area contributed by atoms with Crippen LogP contribution in [-0.4, -0.2) is 19.6 Å². The summed E-state index contributed by atoms with van der Waals surface area (Å²) in [6, 6.07) is 4.42. The smallest absolute Gasteiger partial charge is 0.189 e. The van der Waals surface area contributed by atoms with E-state index in [1.807, 2.05) is 0 Å². The zero-order valence-corrected chi connectivity index (χ0v) is 9.74. The molecule has 0 heterocycles. The molecule has 0 atom stereocenters. The zero-order valence-electron chi connectivity index (χ0n) is 9.74. The molecular weight excluding hydrogens is 221 g/mol. The van der Waals surface area contributed by atoms with E-state index in [2.05, 4.69) is 16.9 Å². The Labute approximate surface area is 100.0 Å². The van der Waals surface area contributed by atoms with Crippen LogP contribution in [0.25, 0.3) is 0 Å². The van der Waals surface area contributed by atoms with Crippen LogP contribution in [0.3, 0.4) is 0 Å². The molecule has 4 nitrogen and oxygen atoms in total. The van der Waals surface area contributed by atoms with Gasteiger partial charge in [0.15, 0.2) is 5.96 Å². The maximum absolute atomic E-state index is 13.2. The maximum atomic E-state index is 13.2. The summed E-state index contributed by atoms with van der Waals surface area (Å²) in [5, 5.41) is 2.83. The molecule has 3 N–H and O–H groups in total. The third-order valence-electron chi connectivity index (χ3n) is 2.03. The molecule has 0 aliphatic heterocycles. The summed E-state index contributed by atoms with van der Waals surface area (Å²) in [7, 11) is 1.49. The number of hydrogen-bond donors (Lipinski definition) is 2. The minimum absolute atomic E-state index is 0.296. The summed E-state index contributed by atoms with van der Waals surface area (Å²) in [4.78, 5) is 4.06. The molecular formula is C12H16FN3O. The third-order valence-corrected chi connectivity index (χ3v) is 2.03. The Morgan fingerprint density at radius 3 is 3.00 bits per heavy atom. The highest BCUT2D eigenvalue weighted by atomic mass is 19.1. The van der Waals surface area contributed by atoms with Crippen molar-refractivity contribution in [1.29, 1.82) is 0 Å². The second-order valence-corrected chi connectivity index (χ2v) is 3.37. The van der Waals surface area contributed by atoms with Gasteiger partial charge in [-0.3, -0.25) is 0 Å². The first-order valence-corrected chi connectivity index (χ1v) is 5.14. The first-order chi connectivity index (χ1) is 8.15. The normalized spacial score (nSPS) is 11.1. The largest absolute Gasteiger partial charge is 0.497 e. The van der Waals surface area contributed by atoms with Gasteiger partial charge in [0, 0.05) is 12.6 Å². The van der Waals surface area contributed by atoms with Crippen LogP contribution in [0.15, 0.2) is 35.8 Å². The molecule has 1 rings (SSSR count). The first kappa shape index (κ1) is 13.0. The van der Waals surface area contributed by atoms with E-state index in [4.69, 9.17) is 10.5 Å². The molecule has 0 radical (unpaired) electrons. The van der Waals surface area contributed by atoms with E-state index in [0.29, 0.717) is 30.4 Å². The van der Waals surface area contributed by atoms with Gasteiger partial charge in [0.05, 0.1) is 13.7 Å². The molecule has 17 heavy (non-hydrogen) atoms. The molecule has 0 amide bonds. The lowest BCUT2D eigenvalue weighted by Crippen LogP contribution is -2.31. The summed E-state index contributed by atoms with van der Waals surface area (Å²) in [6.45, 7) is 4.39. The Morgan fingerprint density at radius 1 is 1.59 bits per heavy atom. The van der Waals surface area contributed by atoms with Crippen molar-refractivity contribution in [2.75, 3.05) is 13.7 Å². The molecule has 0 aliphatic carbocycles. The number of ether oxygens (including phenoxy) is 1. The van der Waals surface area contributed by atoms with Crippen molar-refractivity contribution in [2.24, 2.45) is 10.7 Å². The van der Waals surface area contributed by atoms with Gasteiger partial charge in [-0.15, -0.1) is 6.58 Å². The van der Waals surface area contributed by atoms with Crippen LogP contribution in [0, 0.1) is 5.82 Å². The van der Waals surface area contributed by atoms with Crippen molar-refractivity contribution in [3.05, 3.63) is 42.2 Å². The van der Waals surface area contributed by atoms with Crippen molar-refractivity contribution in [3.8, 4) is 5.75 Å². The molecule has 0 unspecified atom stereocenters. The van der Waals surface area contributed by atoms with Crippen LogP contribution in [-0.2, 0) is 6.54 Å². The van der Waals surface area contributed by atoms with Gasteiger partial charge < -0.3 is 15.8 Å². The Morgan fingerprint density at radius 2 is 2.35 bits per heavy atom. The molecule has 92 valence electrons. The van der Waals surface area contributed by atoms with Gasteiger partial charge in [0.25, 0.3) is 0 Å². The zero-order chi connectivity index (χ0) is 12.7. The van der Waals surface area contributed by atoms with Crippen LogP contribution >= 0.6 is 0 Å². The Bertz CT molecular complexity index is 418. The van der Waals surface area contributed by atoms with Gasteiger partial charge in [0.1, 0.15) is 11.6 Å². The van der Waals surface area contributed by atoms with Crippen molar-refractivity contribution in [2.45, 2.75) is 6.54 Å².